The molecule has 1 N–H and O–H groups in total. The van der Waals surface area contributed by atoms with Gasteiger partial charge in [-0.1, -0.05) is 212 Å². The summed E-state index contributed by atoms with van der Waals surface area (Å²) in [5, 5.41) is 8.03. The minimum absolute atomic E-state index is 0.335. The van der Waals surface area contributed by atoms with E-state index in [1.54, 1.807) is 6.08 Å². The molecule has 2 unspecified atom stereocenters. The van der Waals surface area contributed by atoms with Crippen LogP contribution in [-0.4, -0.2) is 47.3 Å². The molecule has 6 nitrogen and oxygen atoms in total. The molecule has 7 heteroatoms. The van der Waals surface area contributed by atoms with Gasteiger partial charge in [0.25, 0.3) is 5.91 Å². The van der Waals surface area contributed by atoms with Gasteiger partial charge < -0.3 is 5.11 Å². The van der Waals surface area contributed by atoms with Crippen LogP contribution in [0, 0.1) is 0 Å². The maximum absolute atomic E-state index is 12.4. The number of hydrogen-bond acceptors (Lipinski definition) is 5. The van der Waals surface area contributed by atoms with Crippen molar-refractivity contribution in [2.24, 2.45) is 0 Å². The minimum Gasteiger partial charge on any atom is -0.392 e. The van der Waals surface area contributed by atoms with Crippen LogP contribution in [0.15, 0.2) is 12.3 Å². The summed E-state index contributed by atoms with van der Waals surface area (Å²) in [5.74, 6) is -1.69. The Morgan fingerprint density at radius 2 is 0.880 bits per heavy atom. The molecule has 1 saturated heterocycles. The molecule has 1 heterocycles. The summed E-state index contributed by atoms with van der Waals surface area (Å²) < 4.78 is 24.6. The zero-order valence-corrected chi connectivity index (χ0v) is 33.8. The van der Waals surface area contributed by atoms with Crippen molar-refractivity contribution in [3.8, 4) is 0 Å². The summed E-state index contributed by atoms with van der Waals surface area (Å²) in [6.45, 7) is 3.66. The third kappa shape index (κ3) is 25.7. The molecular formula is C43H81NO5S. The van der Waals surface area contributed by atoms with Gasteiger partial charge in [-0.25, -0.2) is 8.42 Å². The molecule has 0 saturated carbocycles. The normalized spacial score (nSPS) is 16.0. The zero-order chi connectivity index (χ0) is 36.5. The van der Waals surface area contributed by atoms with E-state index in [9.17, 15) is 23.1 Å². The van der Waals surface area contributed by atoms with E-state index in [0.717, 1.165) is 24.2 Å². The molecule has 0 aromatic carbocycles. The van der Waals surface area contributed by atoms with Crippen LogP contribution in [0.1, 0.15) is 232 Å². The largest absolute Gasteiger partial charge is 0.392 e. The molecular weight excluding hydrogens is 643 g/mol. The molecule has 50 heavy (non-hydrogen) atoms. The van der Waals surface area contributed by atoms with Gasteiger partial charge in [-0.15, -0.1) is 0 Å². The number of rotatable bonds is 37. The number of unbranched alkanes of at least 4 members (excludes halogenated alkanes) is 32. The Bertz CT molecular complexity index is 947. The number of nitrogens with zero attached hydrogens (tertiary/aromatic N) is 1. The van der Waals surface area contributed by atoms with E-state index in [0.29, 0.717) is 0 Å². The van der Waals surface area contributed by atoms with E-state index in [4.69, 9.17) is 0 Å². The number of hydrogen-bond donors (Lipinski definition) is 1. The minimum atomic E-state index is -3.84. The molecule has 0 radical (unpaired) electrons. The predicted octanol–water partition coefficient (Wildman–Crippen LogP) is 12.3. The lowest BCUT2D eigenvalue weighted by Crippen LogP contribution is -2.35. The van der Waals surface area contributed by atoms with Crippen LogP contribution in [0.2, 0.25) is 0 Å². The first-order chi connectivity index (χ1) is 24.3. The number of aliphatic hydroxyl groups excluding tert-OH is 1. The maximum atomic E-state index is 12.4. The van der Waals surface area contributed by atoms with Crippen molar-refractivity contribution in [3.05, 3.63) is 12.3 Å². The van der Waals surface area contributed by atoms with Crippen molar-refractivity contribution in [2.75, 3.05) is 5.75 Å². The number of allylic oxidation sites excluding steroid dienone is 1. The molecule has 0 aliphatic carbocycles. The summed E-state index contributed by atoms with van der Waals surface area (Å²) in [4.78, 5) is 25.5. The lowest BCUT2D eigenvalue weighted by molar-refractivity contribution is -0.135. The number of carbonyl (C=O) groups excluding carboxylic acids is 2. The second-order valence-electron chi connectivity index (χ2n) is 15.6. The van der Waals surface area contributed by atoms with E-state index in [1.165, 1.54) is 206 Å². The highest BCUT2D eigenvalue weighted by molar-refractivity contribution is 7.92. The Balaban J connectivity index is 1.77. The molecule has 0 bridgehead atoms. The van der Waals surface area contributed by atoms with Crippen molar-refractivity contribution in [2.45, 2.75) is 244 Å². The average Bonchev–Trinajstić information content (AvgIpc) is 3.37. The van der Waals surface area contributed by atoms with Crippen LogP contribution in [0.3, 0.4) is 0 Å². The molecule has 2 amide bonds. The van der Waals surface area contributed by atoms with Gasteiger partial charge in [0.15, 0.2) is 9.84 Å². The number of amides is 2. The van der Waals surface area contributed by atoms with Gasteiger partial charge in [0.05, 0.1) is 18.3 Å². The predicted molar refractivity (Wildman–Crippen MR) is 213 cm³/mol. The molecule has 1 rings (SSSR count). The zero-order valence-electron chi connectivity index (χ0n) is 33.0. The first kappa shape index (κ1) is 46.8. The molecule has 1 aliphatic rings. The van der Waals surface area contributed by atoms with Crippen LogP contribution >= 0.6 is 0 Å². The summed E-state index contributed by atoms with van der Waals surface area (Å²) in [7, 11) is -3.84. The lowest BCUT2D eigenvalue weighted by Gasteiger charge is -2.12. The number of carbonyl (C=O) groups is 2. The van der Waals surface area contributed by atoms with Crippen molar-refractivity contribution in [3.63, 3.8) is 0 Å². The summed E-state index contributed by atoms with van der Waals surface area (Å²) in [6, 6.07) is 0. The van der Waals surface area contributed by atoms with Crippen LogP contribution in [0.4, 0.5) is 0 Å². The smallest absolute Gasteiger partial charge is 0.252 e. The molecule has 2 atom stereocenters. The topological polar surface area (TPSA) is 91.8 Å². The first-order valence-electron chi connectivity index (χ1n) is 21.7. The SMILES string of the molecule is CCCCCCCCCCCCCCCCCCCCCCCCCCCCCCCCCC/C=C/N1C(=O)CC(S(=O)(=O)CC(C)O)C1=O. The molecule has 0 aromatic heterocycles. The van der Waals surface area contributed by atoms with E-state index >= 15 is 0 Å². The number of aliphatic hydroxyl groups is 1. The van der Waals surface area contributed by atoms with Crippen molar-refractivity contribution in [1.29, 1.82) is 0 Å². The van der Waals surface area contributed by atoms with Crippen molar-refractivity contribution in [1.82, 2.24) is 4.90 Å². The van der Waals surface area contributed by atoms with Gasteiger partial charge in [-0.3, -0.25) is 14.5 Å². The molecule has 0 aromatic rings. The number of sulfone groups is 1. The maximum Gasteiger partial charge on any atom is 0.252 e. The Morgan fingerprint density at radius 1 is 0.580 bits per heavy atom. The highest BCUT2D eigenvalue weighted by Crippen LogP contribution is 2.22. The van der Waals surface area contributed by atoms with E-state index < -0.39 is 38.8 Å². The third-order valence-corrected chi connectivity index (χ3v) is 12.7. The third-order valence-electron chi connectivity index (χ3n) is 10.5. The highest BCUT2D eigenvalue weighted by Gasteiger charge is 2.45. The lowest BCUT2D eigenvalue weighted by atomic mass is 10.0. The number of likely N-dealkylation sites (tertiary alicyclic amines) is 1. The second-order valence-corrected chi connectivity index (χ2v) is 17.8. The number of imide groups is 1. The van der Waals surface area contributed by atoms with E-state index in [1.807, 2.05) is 0 Å². The fourth-order valence-electron chi connectivity index (χ4n) is 7.33. The van der Waals surface area contributed by atoms with E-state index in [-0.39, 0.29) is 6.42 Å². The quantitative estimate of drug-likeness (QED) is 0.0509. The van der Waals surface area contributed by atoms with Gasteiger partial charge in [0.2, 0.25) is 5.91 Å². The summed E-state index contributed by atoms with van der Waals surface area (Å²) in [5.41, 5.74) is 0. The Kier molecular flexibility index (Phi) is 30.4. The Labute approximate surface area is 310 Å². The summed E-state index contributed by atoms with van der Waals surface area (Å²) in [6.07, 6.45) is 47.1. The van der Waals surface area contributed by atoms with Gasteiger partial charge >= 0.3 is 0 Å². The standard InChI is InChI=1S/C43H81NO5S/c1-3-4-5-6-7-8-9-10-11-12-13-14-15-16-17-18-19-20-21-22-23-24-25-26-27-28-29-30-31-32-33-34-35-36-37-44-42(46)38-41(43(44)47)50(48,49)39-40(2)45/h36-37,40-41,45H,3-35,38-39H2,1-2H3/b37-36+. The van der Waals surface area contributed by atoms with Crippen molar-refractivity contribution < 1.29 is 23.1 Å². The van der Waals surface area contributed by atoms with Gasteiger partial charge in [0.1, 0.15) is 5.25 Å². The summed E-state index contributed by atoms with van der Waals surface area (Å²) >= 11 is 0. The molecule has 1 aliphatic heterocycles. The fraction of sp³-hybridized carbons (Fsp3) is 0.907. The molecule has 0 spiro atoms. The monoisotopic (exact) mass is 724 g/mol. The van der Waals surface area contributed by atoms with Gasteiger partial charge in [-0.2, -0.15) is 0 Å². The van der Waals surface area contributed by atoms with Crippen molar-refractivity contribution >= 4 is 21.7 Å². The van der Waals surface area contributed by atoms with Gasteiger partial charge in [0, 0.05) is 6.20 Å². The fourth-order valence-corrected chi connectivity index (χ4v) is 9.05. The average molecular weight is 724 g/mol. The van der Waals surface area contributed by atoms with Crippen LogP contribution in [0.5, 0.6) is 0 Å². The van der Waals surface area contributed by atoms with Crippen LogP contribution in [-0.2, 0) is 19.4 Å². The second kappa shape index (κ2) is 32.4. The molecule has 294 valence electrons. The molecule has 1 fully saturated rings. The van der Waals surface area contributed by atoms with Crippen LogP contribution < -0.4 is 0 Å². The van der Waals surface area contributed by atoms with Crippen LogP contribution in [0.25, 0.3) is 0 Å². The highest BCUT2D eigenvalue weighted by atomic mass is 32.2. The Morgan fingerprint density at radius 3 is 1.18 bits per heavy atom. The Hall–Kier alpha value is -1.21. The van der Waals surface area contributed by atoms with Gasteiger partial charge in [-0.05, 0) is 19.8 Å². The first-order valence-corrected chi connectivity index (χ1v) is 23.4. The van der Waals surface area contributed by atoms with E-state index in [2.05, 4.69) is 6.92 Å².